The Morgan fingerprint density at radius 1 is 1.25 bits per heavy atom. The summed E-state index contributed by atoms with van der Waals surface area (Å²) in [4.78, 5) is 27.8. The van der Waals surface area contributed by atoms with Gasteiger partial charge in [-0.2, -0.15) is 0 Å². The van der Waals surface area contributed by atoms with Crippen molar-refractivity contribution in [3.05, 3.63) is 69.0 Å². The number of carboxylic acid groups (broad SMARTS) is 1. The first-order chi connectivity index (χ1) is 14.8. The van der Waals surface area contributed by atoms with E-state index in [1.54, 1.807) is 24.4 Å². The molecule has 1 N–H and O–H groups in total. The molecule has 0 saturated heterocycles. The van der Waals surface area contributed by atoms with Crippen LogP contribution in [0.15, 0.2) is 42.6 Å². The molecular formula is C22H30ClN3O5Si. The molecule has 2 rings (SSSR count). The Hall–Kier alpha value is -2.49. The zero-order chi connectivity index (χ0) is 24.1. The minimum Gasteiger partial charge on any atom is -0.465 e. The average molecular weight is 480 g/mol. The largest absolute Gasteiger partial charge is 0.465 e. The normalized spacial score (nSPS) is 12.9. The Balaban J connectivity index is 2.21. The lowest BCUT2D eigenvalue weighted by atomic mass is 10.1. The van der Waals surface area contributed by atoms with E-state index >= 15 is 0 Å². The van der Waals surface area contributed by atoms with E-state index < -0.39 is 25.4 Å². The molecule has 1 amide bonds. The van der Waals surface area contributed by atoms with E-state index in [0.29, 0.717) is 11.6 Å². The predicted octanol–water partition coefficient (Wildman–Crippen LogP) is 5.93. The molecule has 174 valence electrons. The highest BCUT2D eigenvalue weighted by Gasteiger charge is 2.40. The molecule has 1 aromatic heterocycles. The van der Waals surface area contributed by atoms with Crippen LogP contribution in [-0.4, -0.2) is 47.4 Å². The minimum atomic E-state index is -2.21. The average Bonchev–Trinajstić information content (AvgIpc) is 2.70. The SMILES string of the molecule is CC(C)(C)[Si](C)(C)OC(CN(CCc1ccc([N+](=O)[O-])cc1)C(=O)O)c1ccc(Cl)nc1. The molecule has 1 atom stereocenters. The van der Waals surface area contributed by atoms with Gasteiger partial charge in [-0.1, -0.05) is 50.6 Å². The molecule has 0 spiro atoms. The van der Waals surface area contributed by atoms with Crippen molar-refractivity contribution in [2.24, 2.45) is 0 Å². The van der Waals surface area contributed by atoms with E-state index in [4.69, 9.17) is 16.0 Å². The molecule has 0 bridgehead atoms. The van der Waals surface area contributed by atoms with Gasteiger partial charge >= 0.3 is 6.09 Å². The first-order valence-corrected chi connectivity index (χ1v) is 13.6. The monoisotopic (exact) mass is 479 g/mol. The third-order valence-corrected chi connectivity index (χ3v) is 10.5. The number of hydrogen-bond donors (Lipinski definition) is 1. The van der Waals surface area contributed by atoms with Crippen molar-refractivity contribution in [2.75, 3.05) is 13.1 Å². The minimum absolute atomic E-state index is 0.00177. The van der Waals surface area contributed by atoms with Gasteiger partial charge in [-0.3, -0.25) is 10.1 Å². The van der Waals surface area contributed by atoms with Gasteiger partial charge in [-0.05, 0) is 41.7 Å². The zero-order valence-electron chi connectivity index (χ0n) is 19.0. The van der Waals surface area contributed by atoms with Crippen LogP contribution < -0.4 is 0 Å². The molecule has 10 heteroatoms. The molecule has 1 unspecified atom stereocenters. The van der Waals surface area contributed by atoms with Crippen LogP contribution in [0.4, 0.5) is 10.5 Å². The third-order valence-electron chi connectivity index (χ3n) is 5.84. The van der Waals surface area contributed by atoms with Crippen LogP contribution in [0.25, 0.3) is 0 Å². The molecule has 2 aromatic rings. The summed E-state index contributed by atoms with van der Waals surface area (Å²) in [5, 5.41) is 20.9. The van der Waals surface area contributed by atoms with Crippen molar-refractivity contribution < 1.29 is 19.3 Å². The van der Waals surface area contributed by atoms with Gasteiger partial charge in [0.1, 0.15) is 5.15 Å². The van der Waals surface area contributed by atoms with E-state index in [0.717, 1.165) is 11.1 Å². The molecule has 0 aliphatic heterocycles. The number of rotatable bonds is 9. The van der Waals surface area contributed by atoms with Gasteiger partial charge in [-0.15, -0.1) is 0 Å². The topological polar surface area (TPSA) is 106 Å². The number of nitro groups is 1. The second-order valence-corrected chi connectivity index (χ2v) is 14.3. The first kappa shape index (κ1) is 25.8. The van der Waals surface area contributed by atoms with Crippen LogP contribution in [-0.2, 0) is 10.8 Å². The van der Waals surface area contributed by atoms with Crippen LogP contribution in [0.5, 0.6) is 0 Å². The van der Waals surface area contributed by atoms with E-state index in [1.807, 2.05) is 6.07 Å². The molecule has 1 aromatic carbocycles. The Labute approximate surface area is 194 Å². The van der Waals surface area contributed by atoms with Crippen LogP contribution in [0.1, 0.15) is 38.0 Å². The standard InChI is InChI=1S/C22H30ClN3O5Si/c1-22(2,3)32(4,5)31-19(17-8-11-20(23)24-14-17)15-25(21(27)28)13-12-16-6-9-18(10-7-16)26(29)30/h6-11,14,19H,12-13,15H2,1-5H3,(H,27,28). The molecule has 1 heterocycles. The van der Waals surface area contributed by atoms with Crippen LogP contribution in [0.2, 0.25) is 23.3 Å². The fraction of sp³-hybridized carbons (Fsp3) is 0.455. The number of benzene rings is 1. The molecule has 0 aliphatic rings. The fourth-order valence-electron chi connectivity index (χ4n) is 2.83. The summed E-state index contributed by atoms with van der Waals surface area (Å²) in [6.45, 7) is 11.0. The second-order valence-electron chi connectivity index (χ2n) is 9.18. The van der Waals surface area contributed by atoms with E-state index in [1.165, 1.54) is 17.0 Å². The second kappa shape index (κ2) is 10.4. The van der Waals surface area contributed by atoms with Crippen molar-refractivity contribution in [2.45, 2.75) is 51.4 Å². The Morgan fingerprint density at radius 2 is 1.88 bits per heavy atom. The lowest BCUT2D eigenvalue weighted by molar-refractivity contribution is -0.384. The number of aromatic nitrogens is 1. The van der Waals surface area contributed by atoms with Gasteiger partial charge in [0, 0.05) is 24.9 Å². The number of nitro benzene ring substituents is 1. The van der Waals surface area contributed by atoms with Gasteiger partial charge < -0.3 is 14.4 Å². The van der Waals surface area contributed by atoms with E-state index in [2.05, 4.69) is 38.8 Å². The lowest BCUT2D eigenvalue weighted by Crippen LogP contribution is -2.45. The van der Waals surface area contributed by atoms with Crippen LogP contribution in [0, 0.1) is 10.1 Å². The molecule has 0 aliphatic carbocycles. The van der Waals surface area contributed by atoms with E-state index in [-0.39, 0.29) is 23.8 Å². The maximum absolute atomic E-state index is 12.0. The van der Waals surface area contributed by atoms with Gasteiger partial charge in [-0.25, -0.2) is 9.78 Å². The van der Waals surface area contributed by atoms with Crippen molar-refractivity contribution in [1.82, 2.24) is 9.88 Å². The van der Waals surface area contributed by atoms with Gasteiger partial charge in [0.15, 0.2) is 8.32 Å². The molecule has 0 radical (unpaired) electrons. The molecule has 8 nitrogen and oxygen atoms in total. The van der Waals surface area contributed by atoms with Crippen molar-refractivity contribution in [1.29, 1.82) is 0 Å². The molecule has 0 fully saturated rings. The smallest absolute Gasteiger partial charge is 0.407 e. The molecule has 32 heavy (non-hydrogen) atoms. The van der Waals surface area contributed by atoms with Crippen LogP contribution in [0.3, 0.4) is 0 Å². The predicted molar refractivity (Wildman–Crippen MR) is 127 cm³/mol. The summed E-state index contributed by atoms with van der Waals surface area (Å²) in [5.41, 5.74) is 1.58. The number of amides is 1. The number of pyridine rings is 1. The highest BCUT2D eigenvalue weighted by Crippen LogP contribution is 2.40. The number of carbonyl (C=O) groups is 1. The van der Waals surface area contributed by atoms with Gasteiger partial charge in [0.2, 0.25) is 0 Å². The third kappa shape index (κ3) is 7.01. The quantitative estimate of drug-likeness (QED) is 0.207. The summed E-state index contributed by atoms with van der Waals surface area (Å²) >= 11 is 5.94. The maximum atomic E-state index is 12.0. The summed E-state index contributed by atoms with van der Waals surface area (Å²) in [5.74, 6) is 0. The lowest BCUT2D eigenvalue weighted by Gasteiger charge is -2.40. The Morgan fingerprint density at radius 3 is 2.34 bits per heavy atom. The molecular weight excluding hydrogens is 450 g/mol. The number of non-ortho nitro benzene ring substituents is 1. The number of halogens is 1. The Bertz CT molecular complexity index is 930. The van der Waals surface area contributed by atoms with Gasteiger partial charge in [0.25, 0.3) is 5.69 Å². The first-order valence-electron chi connectivity index (χ1n) is 10.3. The highest BCUT2D eigenvalue weighted by atomic mass is 35.5. The summed E-state index contributed by atoms with van der Waals surface area (Å²) in [6.07, 6.45) is 0.498. The zero-order valence-corrected chi connectivity index (χ0v) is 20.8. The molecule has 0 saturated carbocycles. The Kier molecular flexibility index (Phi) is 8.39. The van der Waals surface area contributed by atoms with Crippen molar-refractivity contribution >= 4 is 31.7 Å². The van der Waals surface area contributed by atoms with Gasteiger partial charge in [0.05, 0.1) is 17.6 Å². The fourth-order valence-corrected chi connectivity index (χ4v) is 4.22. The maximum Gasteiger partial charge on any atom is 0.407 e. The van der Waals surface area contributed by atoms with Crippen LogP contribution >= 0.6 is 11.6 Å². The summed E-state index contributed by atoms with van der Waals surface area (Å²) in [7, 11) is -2.21. The van der Waals surface area contributed by atoms with Crippen molar-refractivity contribution in [3.63, 3.8) is 0 Å². The number of nitrogens with zero attached hydrogens (tertiary/aromatic N) is 3. The summed E-state index contributed by atoms with van der Waals surface area (Å²) < 4.78 is 6.58. The highest BCUT2D eigenvalue weighted by molar-refractivity contribution is 6.74. The van der Waals surface area contributed by atoms with E-state index in [9.17, 15) is 20.0 Å². The van der Waals surface area contributed by atoms with Crippen molar-refractivity contribution in [3.8, 4) is 0 Å². The summed E-state index contributed by atoms with van der Waals surface area (Å²) in [6, 6.07) is 9.60. The number of hydrogen-bond acceptors (Lipinski definition) is 5.